The van der Waals surface area contributed by atoms with Crippen LogP contribution in [0, 0.1) is 5.41 Å². The molecule has 0 fully saturated rings. The van der Waals surface area contributed by atoms with Crippen molar-refractivity contribution in [1.29, 1.82) is 0 Å². The van der Waals surface area contributed by atoms with Crippen molar-refractivity contribution in [2.24, 2.45) is 5.41 Å². The second-order valence-corrected chi connectivity index (χ2v) is 5.01. The maximum absolute atomic E-state index is 10.1. The monoisotopic (exact) mass is 213 g/mol. The first-order valence-corrected chi connectivity index (χ1v) is 5.19. The van der Waals surface area contributed by atoms with Gasteiger partial charge in [-0.2, -0.15) is 8.42 Å². The molecule has 0 aromatic heterocycles. The van der Waals surface area contributed by atoms with E-state index in [1.54, 1.807) is 0 Å². The highest BCUT2D eigenvalue weighted by atomic mass is 32.3. The van der Waals surface area contributed by atoms with Gasteiger partial charge in [-0.15, -0.1) is 0 Å². The van der Waals surface area contributed by atoms with Crippen LogP contribution in [0.1, 0.15) is 33.6 Å². The lowest BCUT2D eigenvalue weighted by Crippen LogP contribution is -2.09. The van der Waals surface area contributed by atoms with Crippen molar-refractivity contribution in [2.45, 2.75) is 33.6 Å². The maximum atomic E-state index is 10.1. The van der Waals surface area contributed by atoms with Gasteiger partial charge < -0.3 is 6.15 Å². The topological polar surface area (TPSA) is 98.6 Å². The molecule has 0 aromatic rings. The van der Waals surface area contributed by atoms with Crippen molar-refractivity contribution >= 4 is 10.4 Å². The first-order chi connectivity index (χ1) is 5.21. The number of rotatable bonds is 4. The summed E-state index contributed by atoms with van der Waals surface area (Å²) in [6.07, 6.45) is 1.49. The second-order valence-electron chi connectivity index (χ2n) is 3.91. The molecule has 6 heteroatoms. The van der Waals surface area contributed by atoms with Crippen LogP contribution >= 0.6 is 0 Å². The van der Waals surface area contributed by atoms with Crippen molar-refractivity contribution in [3.8, 4) is 0 Å². The zero-order valence-corrected chi connectivity index (χ0v) is 9.23. The number of hydrogen-bond donors (Lipinski definition) is 2. The van der Waals surface area contributed by atoms with Gasteiger partial charge in [0.25, 0.3) is 0 Å². The van der Waals surface area contributed by atoms with Crippen molar-refractivity contribution in [1.82, 2.24) is 6.15 Å². The standard InChI is InChI=1S/C7H16O4S.H3N/c1-7(2,3)5-4-6-11-12(8,9)10;/h4-6H2,1-3H3,(H,8,9,10);1H3. The van der Waals surface area contributed by atoms with Crippen LogP contribution in [0.5, 0.6) is 0 Å². The first-order valence-electron chi connectivity index (χ1n) is 3.82. The van der Waals surface area contributed by atoms with E-state index in [1.165, 1.54) is 0 Å². The van der Waals surface area contributed by atoms with E-state index in [4.69, 9.17) is 4.55 Å². The summed E-state index contributed by atoms with van der Waals surface area (Å²) in [6.45, 7) is 6.22. The Kier molecular flexibility index (Phi) is 6.52. The Morgan fingerprint density at radius 2 is 1.77 bits per heavy atom. The quantitative estimate of drug-likeness (QED) is 0.548. The maximum Gasteiger partial charge on any atom is 0.397 e. The van der Waals surface area contributed by atoms with Crippen LogP contribution in [0.4, 0.5) is 0 Å². The third-order valence-corrected chi connectivity index (χ3v) is 1.77. The molecule has 0 spiro atoms. The van der Waals surface area contributed by atoms with Gasteiger partial charge in [-0.1, -0.05) is 20.8 Å². The van der Waals surface area contributed by atoms with Crippen molar-refractivity contribution < 1.29 is 17.2 Å². The van der Waals surface area contributed by atoms with E-state index in [-0.39, 0.29) is 18.2 Å². The summed E-state index contributed by atoms with van der Waals surface area (Å²) >= 11 is 0. The summed E-state index contributed by atoms with van der Waals surface area (Å²) in [5.74, 6) is 0. The van der Waals surface area contributed by atoms with Crippen LogP contribution in [0.3, 0.4) is 0 Å². The summed E-state index contributed by atoms with van der Waals surface area (Å²) in [4.78, 5) is 0. The van der Waals surface area contributed by atoms with Gasteiger partial charge in [0.1, 0.15) is 0 Å². The zero-order valence-electron chi connectivity index (χ0n) is 8.41. The average molecular weight is 213 g/mol. The van der Waals surface area contributed by atoms with E-state index in [2.05, 4.69) is 25.0 Å². The molecule has 0 amide bonds. The van der Waals surface area contributed by atoms with Gasteiger partial charge in [0.05, 0.1) is 6.61 Å². The fourth-order valence-electron chi connectivity index (χ4n) is 0.767. The molecule has 0 atom stereocenters. The van der Waals surface area contributed by atoms with Crippen LogP contribution in [0.15, 0.2) is 0 Å². The molecule has 0 aliphatic heterocycles. The van der Waals surface area contributed by atoms with E-state index in [0.29, 0.717) is 6.42 Å². The Bertz CT molecular complexity index is 217. The third kappa shape index (κ3) is 14.7. The summed E-state index contributed by atoms with van der Waals surface area (Å²) in [5.41, 5.74) is 0.169. The Hall–Kier alpha value is -0.170. The Balaban J connectivity index is 0. The second kappa shape index (κ2) is 5.54. The molecule has 0 saturated heterocycles. The van der Waals surface area contributed by atoms with E-state index < -0.39 is 10.4 Å². The molecule has 0 aliphatic carbocycles. The molecule has 0 unspecified atom stereocenters. The fourth-order valence-corrected chi connectivity index (χ4v) is 1.10. The summed E-state index contributed by atoms with van der Waals surface area (Å²) in [6, 6.07) is 0. The highest BCUT2D eigenvalue weighted by Crippen LogP contribution is 2.20. The van der Waals surface area contributed by atoms with Crippen LogP contribution in [-0.4, -0.2) is 19.6 Å². The zero-order chi connectivity index (χ0) is 9.83. The number of hydrogen-bond acceptors (Lipinski definition) is 4. The molecule has 0 aromatic carbocycles. The molecule has 13 heavy (non-hydrogen) atoms. The van der Waals surface area contributed by atoms with Crippen LogP contribution < -0.4 is 6.15 Å². The van der Waals surface area contributed by atoms with Gasteiger partial charge in [0.2, 0.25) is 0 Å². The first kappa shape index (κ1) is 15.3. The fraction of sp³-hybridized carbons (Fsp3) is 1.00. The van der Waals surface area contributed by atoms with Gasteiger partial charge in [-0.3, -0.25) is 4.55 Å². The van der Waals surface area contributed by atoms with Gasteiger partial charge in [-0.25, -0.2) is 4.18 Å². The SMILES string of the molecule is CC(C)(C)CCCOS(=O)(=O)O.N. The molecule has 82 valence electrons. The van der Waals surface area contributed by atoms with E-state index in [1.807, 2.05) is 0 Å². The van der Waals surface area contributed by atoms with Crippen molar-refractivity contribution in [2.75, 3.05) is 6.61 Å². The van der Waals surface area contributed by atoms with E-state index >= 15 is 0 Å². The molecule has 0 heterocycles. The molecular formula is C7H19NO4S. The highest BCUT2D eigenvalue weighted by molar-refractivity contribution is 7.80. The third-order valence-electron chi connectivity index (χ3n) is 1.30. The minimum absolute atomic E-state index is 0. The minimum Gasteiger partial charge on any atom is -0.344 e. The summed E-state index contributed by atoms with van der Waals surface area (Å²) in [7, 11) is -4.24. The van der Waals surface area contributed by atoms with Crippen LogP contribution in [-0.2, 0) is 14.6 Å². The lowest BCUT2D eigenvalue weighted by atomic mass is 9.91. The van der Waals surface area contributed by atoms with Gasteiger partial charge in [0, 0.05) is 0 Å². The largest absolute Gasteiger partial charge is 0.397 e. The minimum atomic E-state index is -4.24. The van der Waals surface area contributed by atoms with Crippen LogP contribution in [0.25, 0.3) is 0 Å². The Morgan fingerprint density at radius 3 is 2.08 bits per heavy atom. The molecule has 0 bridgehead atoms. The molecular weight excluding hydrogens is 194 g/mol. The predicted octanol–water partition coefficient (Wildman–Crippen LogP) is 1.79. The van der Waals surface area contributed by atoms with Gasteiger partial charge in [-0.05, 0) is 18.3 Å². The predicted molar refractivity (Wildman–Crippen MR) is 51.2 cm³/mol. The smallest absolute Gasteiger partial charge is 0.344 e. The summed E-state index contributed by atoms with van der Waals surface area (Å²) < 4.78 is 32.5. The van der Waals surface area contributed by atoms with Crippen molar-refractivity contribution in [3.63, 3.8) is 0 Å². The molecule has 0 saturated carbocycles. The van der Waals surface area contributed by atoms with Gasteiger partial charge in [0.15, 0.2) is 0 Å². The molecule has 4 N–H and O–H groups in total. The molecule has 0 rings (SSSR count). The lowest BCUT2D eigenvalue weighted by molar-refractivity contribution is 0.242. The van der Waals surface area contributed by atoms with Crippen LogP contribution in [0.2, 0.25) is 0 Å². The Labute approximate surface area is 80.0 Å². The molecule has 0 aliphatic rings. The Morgan fingerprint density at radius 1 is 1.31 bits per heavy atom. The van der Waals surface area contributed by atoms with E-state index in [0.717, 1.165) is 6.42 Å². The van der Waals surface area contributed by atoms with Crippen molar-refractivity contribution in [3.05, 3.63) is 0 Å². The lowest BCUT2D eigenvalue weighted by Gasteiger charge is -2.16. The van der Waals surface area contributed by atoms with Gasteiger partial charge >= 0.3 is 10.4 Å². The average Bonchev–Trinajstić information content (AvgIpc) is 1.76. The molecule has 5 nitrogen and oxygen atoms in total. The highest BCUT2D eigenvalue weighted by Gasteiger charge is 2.10. The summed E-state index contributed by atoms with van der Waals surface area (Å²) in [5, 5.41) is 0. The van der Waals surface area contributed by atoms with E-state index in [9.17, 15) is 8.42 Å². The molecule has 0 radical (unpaired) electrons. The normalized spacial score (nSPS) is 12.3.